The molecule has 2 amide bonds. The van der Waals surface area contributed by atoms with Crippen LogP contribution in [0.15, 0.2) is 54.6 Å². The van der Waals surface area contributed by atoms with Crippen molar-refractivity contribution < 1.29 is 33.8 Å². The van der Waals surface area contributed by atoms with Crippen molar-refractivity contribution in [1.29, 1.82) is 0 Å². The molecule has 2 aromatic rings. The number of carboxylic acid groups (broad SMARTS) is 1. The fourth-order valence-corrected chi connectivity index (χ4v) is 4.92. The van der Waals surface area contributed by atoms with Crippen molar-refractivity contribution in [2.75, 3.05) is 0 Å². The van der Waals surface area contributed by atoms with Crippen LogP contribution in [0.3, 0.4) is 0 Å². The molecule has 0 aliphatic rings. The normalized spacial score (nSPS) is 13.1. The summed E-state index contributed by atoms with van der Waals surface area (Å²) in [5.41, 5.74) is 0.826. The number of alkyl carbamates (subject to hydrolysis) is 1. The first kappa shape index (κ1) is 31.6. The molecule has 0 unspecified atom stereocenters. The number of rotatable bonds is 12. The Hall–Kier alpha value is -3.66. The summed E-state index contributed by atoms with van der Waals surface area (Å²) in [6.07, 6.45) is -1.06. The Kier molecular flexibility index (Phi) is 11.3. The predicted octanol–water partition coefficient (Wildman–Crippen LogP) is 3.76. The van der Waals surface area contributed by atoms with Gasteiger partial charge >= 0.3 is 18.0 Å². The lowest BCUT2D eigenvalue weighted by Gasteiger charge is -2.23. The van der Waals surface area contributed by atoms with E-state index >= 15 is 0 Å². The number of hydrogen-bond acceptors (Lipinski definition) is 6. The predicted molar refractivity (Wildman–Crippen MR) is 151 cm³/mol. The number of amides is 2. The molecule has 2 rings (SSSR count). The minimum atomic E-state index is -1.62. The minimum Gasteiger partial charge on any atom is -0.480 e. The first-order valence-corrected chi connectivity index (χ1v) is 16.5. The van der Waals surface area contributed by atoms with Crippen LogP contribution in [0.5, 0.6) is 0 Å². The van der Waals surface area contributed by atoms with E-state index in [0.717, 1.165) is 11.1 Å². The topological polar surface area (TPSA) is 131 Å². The van der Waals surface area contributed by atoms with Gasteiger partial charge in [0.25, 0.3) is 0 Å². The molecule has 2 atom stereocenters. The third kappa shape index (κ3) is 11.7. The van der Waals surface area contributed by atoms with Crippen LogP contribution in [-0.4, -0.2) is 54.8 Å². The maximum Gasteiger partial charge on any atom is 0.408 e. The van der Waals surface area contributed by atoms with Gasteiger partial charge in [0.2, 0.25) is 5.91 Å². The van der Waals surface area contributed by atoms with Crippen LogP contribution in [0, 0.1) is 0 Å². The number of carboxylic acids is 1. The van der Waals surface area contributed by atoms with Gasteiger partial charge < -0.3 is 25.2 Å². The fourth-order valence-electron chi connectivity index (χ4n) is 3.70. The molecule has 0 aliphatic heterocycles. The summed E-state index contributed by atoms with van der Waals surface area (Å²) in [4.78, 5) is 50.0. The van der Waals surface area contributed by atoms with Crippen LogP contribution in [0.25, 0.3) is 0 Å². The summed E-state index contributed by atoms with van der Waals surface area (Å²) in [6.45, 7) is 11.7. The van der Waals surface area contributed by atoms with Crippen LogP contribution in [0.1, 0.15) is 44.7 Å². The van der Waals surface area contributed by atoms with Crippen LogP contribution in [-0.2, 0) is 36.9 Å². The lowest BCUT2D eigenvalue weighted by molar-refractivity contribution is -0.155. The molecule has 0 heterocycles. The first-order chi connectivity index (χ1) is 18.1. The van der Waals surface area contributed by atoms with Gasteiger partial charge in [-0.05, 0) is 38.3 Å². The lowest BCUT2D eigenvalue weighted by atomic mass is 10.0. The summed E-state index contributed by atoms with van der Waals surface area (Å²) in [5.74, 6) is -2.49. The van der Waals surface area contributed by atoms with Gasteiger partial charge in [0.05, 0.1) is 8.07 Å². The average molecular weight is 557 g/mol. The average Bonchev–Trinajstić information content (AvgIpc) is 2.84. The van der Waals surface area contributed by atoms with E-state index in [-0.39, 0.29) is 25.9 Å². The van der Waals surface area contributed by atoms with Gasteiger partial charge in [-0.15, -0.1) is 0 Å². The standard InChI is InChI=1S/C29H40N2O7Si/c1-29(2,3)38-25(32)16-15-23(31-28(36)37-19-20-11-8-7-9-12-20)26(33)30-24(27(34)35)18-21-13-10-14-22(17-21)39(4,5)6/h7-14,17,23-24H,15-16,18-19H2,1-6H3,(H,30,33)(H,31,36)(H,34,35)/t23-,24-/m0/s1. The van der Waals surface area contributed by atoms with Crippen LogP contribution in [0.4, 0.5) is 4.79 Å². The van der Waals surface area contributed by atoms with Crippen LogP contribution < -0.4 is 15.8 Å². The van der Waals surface area contributed by atoms with Gasteiger partial charge in [0.15, 0.2) is 0 Å². The van der Waals surface area contributed by atoms with E-state index in [0.29, 0.717) is 0 Å². The van der Waals surface area contributed by atoms with Gasteiger partial charge in [-0.25, -0.2) is 9.59 Å². The maximum absolute atomic E-state index is 13.2. The molecule has 0 fully saturated rings. The zero-order valence-electron chi connectivity index (χ0n) is 23.6. The molecule has 212 valence electrons. The molecule has 9 nitrogen and oxygen atoms in total. The van der Waals surface area contributed by atoms with Gasteiger partial charge in [-0.2, -0.15) is 0 Å². The van der Waals surface area contributed by atoms with Crippen LogP contribution in [0.2, 0.25) is 19.6 Å². The molecule has 2 aromatic carbocycles. The molecule has 0 aromatic heterocycles. The van der Waals surface area contributed by atoms with Crippen LogP contribution >= 0.6 is 0 Å². The van der Waals surface area contributed by atoms with Gasteiger partial charge in [-0.1, -0.05) is 79.4 Å². The third-order valence-electron chi connectivity index (χ3n) is 5.73. The van der Waals surface area contributed by atoms with E-state index in [9.17, 15) is 24.3 Å². The summed E-state index contributed by atoms with van der Waals surface area (Å²) < 4.78 is 10.5. The Morgan fingerprint density at radius 1 is 0.897 bits per heavy atom. The minimum absolute atomic E-state index is 0.0156. The molecule has 0 saturated heterocycles. The summed E-state index contributed by atoms with van der Waals surface area (Å²) in [5, 5.41) is 16.0. The smallest absolute Gasteiger partial charge is 0.408 e. The second-order valence-electron chi connectivity index (χ2n) is 11.4. The quantitative estimate of drug-likeness (QED) is 0.268. The second kappa shape index (κ2) is 13.9. The summed E-state index contributed by atoms with van der Waals surface area (Å²) in [6, 6.07) is 14.3. The molecular weight excluding hydrogens is 516 g/mol. The zero-order chi connectivity index (χ0) is 29.2. The highest BCUT2D eigenvalue weighted by atomic mass is 28.3. The lowest BCUT2D eigenvalue weighted by Crippen LogP contribution is -2.52. The SMILES string of the molecule is CC(C)(C)OC(=O)CC[C@H](NC(=O)OCc1ccccc1)C(=O)N[C@@H](Cc1cccc([Si](C)(C)C)c1)C(=O)O. The highest BCUT2D eigenvalue weighted by molar-refractivity contribution is 6.88. The zero-order valence-corrected chi connectivity index (χ0v) is 24.6. The van der Waals surface area contributed by atoms with E-state index in [1.807, 2.05) is 30.3 Å². The van der Waals surface area contributed by atoms with Gasteiger partial charge in [0.1, 0.15) is 24.3 Å². The Morgan fingerprint density at radius 3 is 2.13 bits per heavy atom. The number of hydrogen-bond donors (Lipinski definition) is 3. The second-order valence-corrected chi connectivity index (χ2v) is 16.5. The number of carbonyl (C=O) groups excluding carboxylic acids is 3. The molecule has 0 radical (unpaired) electrons. The molecule has 0 spiro atoms. The van der Waals surface area contributed by atoms with E-state index in [4.69, 9.17) is 9.47 Å². The molecule has 10 heteroatoms. The molecule has 0 saturated carbocycles. The largest absolute Gasteiger partial charge is 0.480 e. The molecular formula is C29H40N2O7Si. The van der Waals surface area contributed by atoms with Gasteiger partial charge in [0, 0.05) is 12.8 Å². The number of benzene rings is 2. The molecule has 0 bridgehead atoms. The van der Waals surface area contributed by atoms with Crippen molar-refractivity contribution >= 4 is 37.2 Å². The van der Waals surface area contributed by atoms with Crippen molar-refractivity contribution in [2.45, 2.75) is 84.0 Å². The van der Waals surface area contributed by atoms with E-state index < -0.39 is 49.7 Å². The Labute approximate surface area is 231 Å². The fraction of sp³-hybridized carbons (Fsp3) is 0.448. The van der Waals surface area contributed by atoms with Crippen molar-refractivity contribution in [1.82, 2.24) is 10.6 Å². The number of esters is 1. The number of carbonyl (C=O) groups is 4. The highest BCUT2D eigenvalue weighted by Gasteiger charge is 2.29. The highest BCUT2D eigenvalue weighted by Crippen LogP contribution is 2.12. The monoisotopic (exact) mass is 556 g/mol. The Balaban J connectivity index is 2.13. The van der Waals surface area contributed by atoms with E-state index in [1.165, 1.54) is 5.19 Å². The van der Waals surface area contributed by atoms with Crippen molar-refractivity contribution in [3.05, 3.63) is 65.7 Å². The van der Waals surface area contributed by atoms with Crippen molar-refractivity contribution in [3.63, 3.8) is 0 Å². The van der Waals surface area contributed by atoms with E-state index in [2.05, 4.69) is 30.3 Å². The molecule has 0 aliphatic carbocycles. The molecule has 3 N–H and O–H groups in total. The first-order valence-electron chi connectivity index (χ1n) is 13.0. The third-order valence-corrected chi connectivity index (χ3v) is 7.77. The number of aliphatic carboxylic acids is 1. The van der Waals surface area contributed by atoms with Gasteiger partial charge in [-0.3, -0.25) is 9.59 Å². The summed E-state index contributed by atoms with van der Waals surface area (Å²) >= 11 is 0. The Bertz CT molecular complexity index is 1140. The Morgan fingerprint density at radius 2 is 1.54 bits per heavy atom. The van der Waals surface area contributed by atoms with Crippen molar-refractivity contribution in [3.8, 4) is 0 Å². The maximum atomic E-state index is 13.2. The number of ether oxygens (including phenoxy) is 2. The number of nitrogens with one attached hydrogen (secondary N) is 2. The molecule has 39 heavy (non-hydrogen) atoms. The van der Waals surface area contributed by atoms with Crippen molar-refractivity contribution in [2.24, 2.45) is 0 Å². The summed E-state index contributed by atoms with van der Waals surface area (Å²) in [7, 11) is -1.62. The van der Waals surface area contributed by atoms with E-state index in [1.54, 1.807) is 45.0 Å².